The molecule has 0 aromatic carbocycles. The molecule has 4 atom stereocenters. The highest BCUT2D eigenvalue weighted by molar-refractivity contribution is 5.16. The molecule has 0 heterocycles. The van der Waals surface area contributed by atoms with E-state index < -0.39 is 5.60 Å². The third kappa shape index (κ3) is 2.17. The van der Waals surface area contributed by atoms with Gasteiger partial charge in [0.25, 0.3) is 0 Å². The summed E-state index contributed by atoms with van der Waals surface area (Å²) in [4.78, 5) is 0. The quantitative estimate of drug-likeness (QED) is 0.703. The Morgan fingerprint density at radius 2 is 2.07 bits per heavy atom. The van der Waals surface area contributed by atoms with Crippen LogP contribution in [0.3, 0.4) is 0 Å². The first kappa shape index (κ1) is 10.9. The minimum Gasteiger partial charge on any atom is -0.386 e. The molecule has 0 spiro atoms. The molecule has 2 bridgehead atoms. The first-order valence-corrected chi connectivity index (χ1v) is 6.09. The van der Waals surface area contributed by atoms with Crippen molar-refractivity contribution in [2.75, 3.05) is 0 Å². The summed E-state index contributed by atoms with van der Waals surface area (Å²) in [7, 11) is 0. The minimum absolute atomic E-state index is 0.280. The van der Waals surface area contributed by atoms with Crippen LogP contribution in [0.1, 0.15) is 33.6 Å². The van der Waals surface area contributed by atoms with Gasteiger partial charge in [0.2, 0.25) is 0 Å². The second-order valence-electron chi connectivity index (χ2n) is 5.68. The third-order valence-electron chi connectivity index (χ3n) is 4.18. The van der Waals surface area contributed by atoms with Crippen LogP contribution < -0.4 is 0 Å². The van der Waals surface area contributed by atoms with Crippen LogP contribution >= 0.6 is 0 Å². The van der Waals surface area contributed by atoms with Gasteiger partial charge in [0, 0.05) is 0 Å². The largest absolute Gasteiger partial charge is 0.386 e. The van der Waals surface area contributed by atoms with Gasteiger partial charge in [0.1, 0.15) is 0 Å². The van der Waals surface area contributed by atoms with Crippen molar-refractivity contribution in [3.8, 4) is 0 Å². The summed E-state index contributed by atoms with van der Waals surface area (Å²) >= 11 is 0. The van der Waals surface area contributed by atoms with Crippen LogP contribution in [0.5, 0.6) is 0 Å². The summed E-state index contributed by atoms with van der Waals surface area (Å²) in [6, 6.07) is 0. The molecule has 15 heavy (non-hydrogen) atoms. The fourth-order valence-electron chi connectivity index (χ4n) is 2.56. The molecule has 0 amide bonds. The molecule has 2 aliphatic carbocycles. The van der Waals surface area contributed by atoms with E-state index in [0.29, 0.717) is 5.92 Å². The van der Waals surface area contributed by atoms with Crippen molar-refractivity contribution in [1.82, 2.24) is 0 Å². The van der Waals surface area contributed by atoms with Crippen molar-refractivity contribution in [3.63, 3.8) is 0 Å². The monoisotopic (exact) mass is 206 g/mol. The fourth-order valence-corrected chi connectivity index (χ4v) is 2.56. The predicted octanol–water partition coefficient (Wildman–Crippen LogP) is 3.16. The molecule has 0 saturated heterocycles. The zero-order valence-electron chi connectivity index (χ0n) is 9.98. The standard InChI is InChI=1S/C14H22O/c1-10(2)14(3,15)7-6-13-9-11-4-5-12(13)8-11/h4-7,10-13,15H,8-9H2,1-3H3/b7-6+. The lowest BCUT2D eigenvalue weighted by Crippen LogP contribution is -2.28. The number of fused-ring (bicyclic) bond motifs is 2. The Labute approximate surface area is 92.9 Å². The molecule has 4 unspecified atom stereocenters. The van der Waals surface area contributed by atoms with Gasteiger partial charge < -0.3 is 5.11 Å². The number of rotatable bonds is 3. The number of allylic oxidation sites excluding steroid dienone is 3. The summed E-state index contributed by atoms with van der Waals surface area (Å²) < 4.78 is 0. The lowest BCUT2D eigenvalue weighted by atomic mass is 9.87. The molecule has 2 aliphatic rings. The van der Waals surface area contributed by atoms with Crippen LogP contribution in [0.2, 0.25) is 0 Å². The predicted molar refractivity (Wildman–Crippen MR) is 63.4 cm³/mol. The Bertz CT molecular complexity index is 286. The second kappa shape index (κ2) is 3.79. The fraction of sp³-hybridized carbons (Fsp3) is 0.714. The van der Waals surface area contributed by atoms with Gasteiger partial charge in [-0.15, -0.1) is 0 Å². The number of aliphatic hydroxyl groups is 1. The normalized spacial score (nSPS) is 38.1. The van der Waals surface area contributed by atoms with Gasteiger partial charge in [-0.05, 0) is 43.4 Å². The van der Waals surface area contributed by atoms with Gasteiger partial charge in [-0.25, -0.2) is 0 Å². The van der Waals surface area contributed by atoms with Crippen molar-refractivity contribution in [1.29, 1.82) is 0 Å². The average molecular weight is 206 g/mol. The van der Waals surface area contributed by atoms with Crippen LogP contribution in [0.15, 0.2) is 24.3 Å². The van der Waals surface area contributed by atoms with Crippen molar-refractivity contribution in [2.45, 2.75) is 39.2 Å². The Morgan fingerprint density at radius 3 is 2.53 bits per heavy atom. The van der Waals surface area contributed by atoms with Crippen LogP contribution in [0.25, 0.3) is 0 Å². The highest BCUT2D eigenvalue weighted by atomic mass is 16.3. The molecule has 1 N–H and O–H groups in total. The number of hydrogen-bond donors (Lipinski definition) is 1. The first-order valence-electron chi connectivity index (χ1n) is 6.09. The first-order chi connectivity index (χ1) is 6.99. The number of hydrogen-bond acceptors (Lipinski definition) is 1. The molecule has 0 radical (unpaired) electrons. The zero-order valence-corrected chi connectivity index (χ0v) is 9.98. The zero-order chi connectivity index (χ0) is 11.1. The average Bonchev–Trinajstić information content (AvgIpc) is 2.75. The molecule has 0 aromatic heterocycles. The van der Waals surface area contributed by atoms with E-state index in [2.05, 4.69) is 32.1 Å². The van der Waals surface area contributed by atoms with E-state index in [-0.39, 0.29) is 5.92 Å². The lowest BCUT2D eigenvalue weighted by Gasteiger charge is -2.25. The summed E-state index contributed by atoms with van der Waals surface area (Å²) in [5, 5.41) is 10.1. The van der Waals surface area contributed by atoms with Crippen LogP contribution in [0, 0.1) is 23.7 Å². The Morgan fingerprint density at radius 1 is 1.33 bits per heavy atom. The molecule has 1 saturated carbocycles. The van der Waals surface area contributed by atoms with Crippen LogP contribution in [0.4, 0.5) is 0 Å². The Balaban J connectivity index is 1.98. The van der Waals surface area contributed by atoms with Gasteiger partial charge >= 0.3 is 0 Å². The highest BCUT2D eigenvalue weighted by Crippen LogP contribution is 2.44. The van der Waals surface area contributed by atoms with E-state index >= 15 is 0 Å². The highest BCUT2D eigenvalue weighted by Gasteiger charge is 2.34. The molecule has 0 aromatic rings. The van der Waals surface area contributed by atoms with Crippen LogP contribution in [-0.2, 0) is 0 Å². The molecule has 1 heteroatoms. The minimum atomic E-state index is -0.647. The van der Waals surface area contributed by atoms with Gasteiger partial charge in [-0.1, -0.05) is 38.2 Å². The van der Waals surface area contributed by atoms with Gasteiger partial charge in [0.05, 0.1) is 5.60 Å². The molecular formula is C14H22O. The molecule has 2 rings (SSSR count). The molecular weight excluding hydrogens is 184 g/mol. The molecule has 1 nitrogen and oxygen atoms in total. The van der Waals surface area contributed by atoms with E-state index in [1.807, 2.05) is 13.0 Å². The van der Waals surface area contributed by atoms with E-state index in [4.69, 9.17) is 0 Å². The van der Waals surface area contributed by atoms with Crippen molar-refractivity contribution in [3.05, 3.63) is 24.3 Å². The summed E-state index contributed by atoms with van der Waals surface area (Å²) in [5.41, 5.74) is -0.647. The van der Waals surface area contributed by atoms with Crippen molar-refractivity contribution < 1.29 is 5.11 Å². The van der Waals surface area contributed by atoms with E-state index in [1.54, 1.807) is 0 Å². The van der Waals surface area contributed by atoms with E-state index in [9.17, 15) is 5.11 Å². The van der Waals surface area contributed by atoms with Gasteiger partial charge in [-0.2, -0.15) is 0 Å². The summed E-state index contributed by atoms with van der Waals surface area (Å²) in [5.74, 6) is 2.51. The summed E-state index contributed by atoms with van der Waals surface area (Å²) in [6.45, 7) is 6.02. The molecule has 1 fully saturated rings. The lowest BCUT2D eigenvalue weighted by molar-refractivity contribution is 0.0619. The smallest absolute Gasteiger partial charge is 0.0822 e. The van der Waals surface area contributed by atoms with Crippen LogP contribution in [-0.4, -0.2) is 10.7 Å². The molecule has 0 aliphatic heterocycles. The molecule has 84 valence electrons. The van der Waals surface area contributed by atoms with E-state index in [1.165, 1.54) is 12.8 Å². The maximum absolute atomic E-state index is 10.1. The Hall–Kier alpha value is -0.560. The van der Waals surface area contributed by atoms with Crippen molar-refractivity contribution in [2.24, 2.45) is 23.7 Å². The second-order valence-corrected chi connectivity index (χ2v) is 5.68. The van der Waals surface area contributed by atoms with E-state index in [0.717, 1.165) is 11.8 Å². The maximum Gasteiger partial charge on any atom is 0.0822 e. The Kier molecular flexibility index (Phi) is 2.76. The summed E-state index contributed by atoms with van der Waals surface area (Å²) in [6.07, 6.45) is 11.6. The van der Waals surface area contributed by atoms with Gasteiger partial charge in [0.15, 0.2) is 0 Å². The topological polar surface area (TPSA) is 20.2 Å². The SMILES string of the molecule is CC(C)C(C)(O)/C=C/C1CC2C=CC1C2. The van der Waals surface area contributed by atoms with Gasteiger partial charge in [-0.3, -0.25) is 0 Å². The van der Waals surface area contributed by atoms with Crippen molar-refractivity contribution >= 4 is 0 Å². The maximum atomic E-state index is 10.1. The third-order valence-corrected chi connectivity index (χ3v) is 4.18.